The molecule has 7 nitrogen and oxygen atoms in total. The number of anilines is 1. The van der Waals surface area contributed by atoms with Crippen molar-refractivity contribution in [2.75, 3.05) is 26.0 Å². The number of ether oxygens (including phenoxy) is 1. The van der Waals surface area contributed by atoms with E-state index in [1.54, 1.807) is 37.3 Å². The summed E-state index contributed by atoms with van der Waals surface area (Å²) in [4.78, 5) is 29.2. The zero-order chi connectivity index (χ0) is 22.2. The first kappa shape index (κ1) is 22.2. The second-order valence-electron chi connectivity index (χ2n) is 7.32. The summed E-state index contributed by atoms with van der Waals surface area (Å²) in [6.45, 7) is 0.812. The molecule has 31 heavy (non-hydrogen) atoms. The van der Waals surface area contributed by atoms with Crippen molar-refractivity contribution in [1.29, 1.82) is 0 Å². The maximum atomic E-state index is 12.7. The highest BCUT2D eigenvalue weighted by molar-refractivity contribution is 5.91. The van der Waals surface area contributed by atoms with E-state index < -0.39 is 0 Å². The Morgan fingerprint density at radius 1 is 1.35 bits per heavy atom. The van der Waals surface area contributed by atoms with Crippen molar-refractivity contribution in [2.45, 2.75) is 19.6 Å². The van der Waals surface area contributed by atoms with Crippen molar-refractivity contribution < 1.29 is 14.3 Å². The third-order valence-corrected chi connectivity index (χ3v) is 5.19. The van der Waals surface area contributed by atoms with Crippen LogP contribution in [0.5, 0.6) is 0 Å². The molecule has 1 amide bonds. The molecule has 2 aromatic rings. The van der Waals surface area contributed by atoms with Crippen LogP contribution in [0, 0.1) is 0 Å². The minimum absolute atomic E-state index is 0.0289. The number of pyridine rings is 1. The second kappa shape index (κ2) is 10.5. The van der Waals surface area contributed by atoms with Gasteiger partial charge in [-0.3, -0.25) is 4.79 Å². The van der Waals surface area contributed by atoms with Gasteiger partial charge in [0.25, 0.3) is 0 Å². The van der Waals surface area contributed by atoms with Gasteiger partial charge in [0.1, 0.15) is 18.7 Å². The molecule has 0 radical (unpaired) electrons. The Morgan fingerprint density at radius 2 is 2.19 bits per heavy atom. The minimum Gasteiger partial charge on any atom is -0.373 e. The predicted octanol–water partition coefficient (Wildman–Crippen LogP) is 2.97. The molecule has 1 aliphatic carbocycles. The van der Waals surface area contributed by atoms with Crippen LogP contribution in [0.1, 0.15) is 28.1 Å². The van der Waals surface area contributed by atoms with Gasteiger partial charge in [0.05, 0.1) is 13.2 Å². The highest BCUT2D eigenvalue weighted by atomic mass is 16.5. The van der Waals surface area contributed by atoms with Crippen molar-refractivity contribution in [2.24, 2.45) is 7.05 Å². The van der Waals surface area contributed by atoms with Crippen LogP contribution in [0.25, 0.3) is 12.2 Å². The quantitative estimate of drug-likeness (QED) is 0.383. The number of carbonyl (C=O) groups excluding carboxylic acids is 2. The average molecular weight is 421 g/mol. The van der Waals surface area contributed by atoms with Crippen LogP contribution in [0.15, 0.2) is 42.6 Å². The van der Waals surface area contributed by atoms with E-state index in [4.69, 9.17) is 4.74 Å². The van der Waals surface area contributed by atoms with E-state index in [0.717, 1.165) is 23.2 Å². The number of likely N-dealkylation sites (N-methyl/N-ethyl adjacent to an activating group) is 1. The van der Waals surface area contributed by atoms with Gasteiger partial charge in [0.2, 0.25) is 5.91 Å². The number of rotatable bonds is 9. The Morgan fingerprint density at radius 3 is 2.97 bits per heavy atom. The van der Waals surface area contributed by atoms with Crippen LogP contribution in [0.4, 0.5) is 5.82 Å². The number of aldehydes is 1. The van der Waals surface area contributed by atoms with Crippen molar-refractivity contribution in [3.63, 3.8) is 0 Å². The first-order valence-electron chi connectivity index (χ1n) is 10.2. The topological polar surface area (TPSA) is 76.5 Å². The van der Waals surface area contributed by atoms with E-state index in [0.29, 0.717) is 18.6 Å². The van der Waals surface area contributed by atoms with Gasteiger partial charge in [0, 0.05) is 56.8 Å². The highest BCUT2D eigenvalue weighted by Gasteiger charge is 2.14. The van der Waals surface area contributed by atoms with E-state index >= 15 is 0 Å². The number of hydrogen-bond donors (Lipinski definition) is 1. The summed E-state index contributed by atoms with van der Waals surface area (Å²) >= 11 is 0. The monoisotopic (exact) mass is 420 g/mol. The molecule has 0 aromatic carbocycles. The Balaban J connectivity index is 1.67. The Labute approximate surface area is 182 Å². The molecule has 0 saturated heterocycles. The lowest BCUT2D eigenvalue weighted by Gasteiger charge is -2.16. The molecule has 0 fully saturated rings. The zero-order valence-electron chi connectivity index (χ0n) is 18.2. The summed E-state index contributed by atoms with van der Waals surface area (Å²) in [5.41, 5.74) is 5.13. The molecule has 1 N–H and O–H groups in total. The molecular weight excluding hydrogens is 392 g/mol. The molecule has 162 valence electrons. The molecule has 1 aliphatic rings. The van der Waals surface area contributed by atoms with Crippen LogP contribution < -0.4 is 5.32 Å². The lowest BCUT2D eigenvalue weighted by atomic mass is 10.1. The maximum Gasteiger partial charge on any atom is 0.246 e. The maximum absolute atomic E-state index is 12.7. The first-order valence-corrected chi connectivity index (χ1v) is 10.2. The van der Waals surface area contributed by atoms with Crippen molar-refractivity contribution in [3.05, 3.63) is 70.7 Å². The van der Waals surface area contributed by atoms with E-state index in [9.17, 15) is 9.59 Å². The smallest absolute Gasteiger partial charge is 0.246 e. The van der Waals surface area contributed by atoms with Gasteiger partial charge in [-0.25, -0.2) is 4.98 Å². The third-order valence-electron chi connectivity index (χ3n) is 5.19. The van der Waals surface area contributed by atoms with Crippen LogP contribution in [0.3, 0.4) is 0 Å². The van der Waals surface area contributed by atoms with Gasteiger partial charge in [0.15, 0.2) is 0 Å². The summed E-state index contributed by atoms with van der Waals surface area (Å²) in [6, 6.07) is 4.03. The Kier molecular flexibility index (Phi) is 7.56. The average Bonchev–Trinajstić information content (AvgIpc) is 2.93. The fourth-order valence-corrected chi connectivity index (χ4v) is 3.48. The van der Waals surface area contributed by atoms with Crippen LogP contribution in [-0.4, -0.2) is 47.3 Å². The van der Waals surface area contributed by atoms with Crippen LogP contribution in [0.2, 0.25) is 0 Å². The summed E-state index contributed by atoms with van der Waals surface area (Å²) in [5, 5.41) is 3.00. The van der Waals surface area contributed by atoms with Gasteiger partial charge < -0.3 is 24.3 Å². The van der Waals surface area contributed by atoms with Gasteiger partial charge in [-0.15, -0.1) is 0 Å². The predicted molar refractivity (Wildman–Crippen MR) is 122 cm³/mol. The largest absolute Gasteiger partial charge is 0.373 e. The van der Waals surface area contributed by atoms with Crippen molar-refractivity contribution in [1.82, 2.24) is 14.5 Å². The van der Waals surface area contributed by atoms with Gasteiger partial charge in [-0.05, 0) is 29.3 Å². The lowest BCUT2D eigenvalue weighted by molar-refractivity contribution is -0.125. The van der Waals surface area contributed by atoms with Gasteiger partial charge >= 0.3 is 0 Å². The zero-order valence-corrected chi connectivity index (χ0v) is 18.2. The van der Waals surface area contributed by atoms with E-state index in [1.165, 1.54) is 11.3 Å². The molecule has 2 heterocycles. The van der Waals surface area contributed by atoms with E-state index in [2.05, 4.69) is 39.2 Å². The summed E-state index contributed by atoms with van der Waals surface area (Å²) in [6.07, 6.45) is 14.9. The third kappa shape index (κ3) is 5.58. The fourth-order valence-electron chi connectivity index (χ4n) is 3.48. The van der Waals surface area contributed by atoms with E-state index in [-0.39, 0.29) is 19.1 Å². The Hall–Kier alpha value is -3.45. The van der Waals surface area contributed by atoms with Crippen molar-refractivity contribution >= 4 is 30.2 Å². The van der Waals surface area contributed by atoms with Gasteiger partial charge in [-0.1, -0.05) is 24.3 Å². The molecule has 2 aromatic heterocycles. The number of allylic oxidation sites excluding steroid dienone is 3. The van der Waals surface area contributed by atoms with Gasteiger partial charge in [-0.2, -0.15) is 0 Å². The second-order valence-corrected chi connectivity index (χ2v) is 7.32. The molecule has 0 atom stereocenters. The van der Waals surface area contributed by atoms with Crippen LogP contribution >= 0.6 is 0 Å². The summed E-state index contributed by atoms with van der Waals surface area (Å²) in [7, 11) is 5.61. The molecule has 0 bridgehead atoms. The fraction of sp³-hybridized carbons (Fsp3) is 0.292. The van der Waals surface area contributed by atoms with Crippen LogP contribution in [-0.2, 0) is 40.9 Å². The first-order chi connectivity index (χ1) is 15.0. The number of fused-ring (bicyclic) bond motifs is 1. The molecule has 0 saturated carbocycles. The normalized spacial score (nSPS) is 12.6. The number of nitrogens with zero attached hydrogens (tertiary/aromatic N) is 3. The molecule has 0 aliphatic heterocycles. The number of hydrogen-bond acceptors (Lipinski definition) is 5. The molecule has 3 rings (SSSR count). The number of nitrogens with one attached hydrogen (secondary N) is 1. The van der Waals surface area contributed by atoms with Crippen molar-refractivity contribution in [3.8, 4) is 0 Å². The standard InChI is InChI=1S/C24H28N4O3/c1-25-24-20(17-31-12-11-29)13-18(15-26-24)9-10-23(30)27(2)16-21-14-19-7-5-4-6-8-22(19)28(21)3/h4-7,9-11,13-15H,8,12,16-17H2,1-3H3,(H,25,26)/b10-9+. The molecule has 0 unspecified atom stereocenters. The minimum atomic E-state index is -0.0942. The summed E-state index contributed by atoms with van der Waals surface area (Å²) in [5.74, 6) is 0.585. The number of amides is 1. The summed E-state index contributed by atoms with van der Waals surface area (Å²) < 4.78 is 7.45. The molecular formula is C24H28N4O3. The molecule has 7 heteroatoms. The van der Waals surface area contributed by atoms with E-state index in [1.807, 2.05) is 19.2 Å². The number of aromatic nitrogens is 2. The molecule has 0 spiro atoms. The Bertz CT molecular complexity index is 1030. The highest BCUT2D eigenvalue weighted by Crippen LogP contribution is 2.21. The lowest BCUT2D eigenvalue weighted by Crippen LogP contribution is -2.25. The number of carbonyl (C=O) groups is 2. The SMILES string of the molecule is CNc1ncc(/C=C/C(=O)N(C)Cc2cc3c(n2C)CC=CC=C3)cc1COCC=O.